The molecule has 0 saturated carbocycles. The topological polar surface area (TPSA) is 56.0 Å². The first kappa shape index (κ1) is 12.4. The molecule has 0 aliphatic rings. The third-order valence-electron chi connectivity index (χ3n) is 2.96. The molecule has 0 atom stereocenters. The zero-order chi connectivity index (χ0) is 14.2. The summed E-state index contributed by atoms with van der Waals surface area (Å²) in [4.78, 5) is 5.03. The monoisotopic (exact) mass is 313 g/mol. The maximum atomic E-state index is 6.03. The second-order valence-corrected chi connectivity index (χ2v) is 5.74. The quantitative estimate of drug-likeness (QED) is 0.567. The minimum absolute atomic E-state index is 0.657. The van der Waals surface area contributed by atoms with Crippen molar-refractivity contribution in [1.29, 1.82) is 0 Å². The van der Waals surface area contributed by atoms with E-state index in [-0.39, 0.29) is 0 Å². The van der Waals surface area contributed by atoms with Crippen LogP contribution in [0.2, 0.25) is 5.02 Å². The Morgan fingerprint density at radius 2 is 2.00 bits per heavy atom. The average Bonchev–Trinajstić information content (AvgIpc) is 3.08. The van der Waals surface area contributed by atoms with Gasteiger partial charge in [-0.1, -0.05) is 41.1 Å². The Hall–Kier alpha value is -2.31. The SMILES string of the molecule is Clc1cccc(-c2nnc3sc(-c4ccccn4)nn23)c1. The second-order valence-electron chi connectivity index (χ2n) is 4.35. The number of rotatable bonds is 2. The summed E-state index contributed by atoms with van der Waals surface area (Å²) in [6.45, 7) is 0. The summed E-state index contributed by atoms with van der Waals surface area (Å²) in [6.07, 6.45) is 1.75. The predicted molar refractivity (Wildman–Crippen MR) is 82.3 cm³/mol. The van der Waals surface area contributed by atoms with Crippen molar-refractivity contribution in [3.8, 4) is 22.1 Å². The lowest BCUT2D eigenvalue weighted by molar-refractivity contribution is 0.967. The smallest absolute Gasteiger partial charge is 0.235 e. The van der Waals surface area contributed by atoms with Gasteiger partial charge in [-0.25, -0.2) is 0 Å². The summed E-state index contributed by atoms with van der Waals surface area (Å²) in [5.41, 5.74) is 1.71. The van der Waals surface area contributed by atoms with Crippen LogP contribution in [-0.4, -0.2) is 24.8 Å². The Morgan fingerprint density at radius 3 is 2.81 bits per heavy atom. The zero-order valence-electron chi connectivity index (χ0n) is 10.6. The van der Waals surface area contributed by atoms with Gasteiger partial charge < -0.3 is 0 Å². The van der Waals surface area contributed by atoms with Gasteiger partial charge in [0, 0.05) is 16.8 Å². The van der Waals surface area contributed by atoms with Crippen LogP contribution in [0.4, 0.5) is 0 Å². The van der Waals surface area contributed by atoms with Crippen molar-refractivity contribution in [3.05, 3.63) is 53.7 Å². The Labute approximate surface area is 128 Å². The van der Waals surface area contributed by atoms with Gasteiger partial charge in [0.1, 0.15) is 5.69 Å². The molecule has 0 unspecified atom stereocenters. The summed E-state index contributed by atoms with van der Waals surface area (Å²) in [5, 5.41) is 14.4. The van der Waals surface area contributed by atoms with Gasteiger partial charge in [0.15, 0.2) is 10.8 Å². The third kappa shape index (κ3) is 2.18. The summed E-state index contributed by atoms with van der Waals surface area (Å²) in [7, 11) is 0. The van der Waals surface area contributed by atoms with E-state index in [9.17, 15) is 0 Å². The molecule has 0 saturated heterocycles. The van der Waals surface area contributed by atoms with E-state index in [1.807, 2.05) is 42.5 Å². The summed E-state index contributed by atoms with van der Waals surface area (Å²) in [5.74, 6) is 0.672. The fourth-order valence-corrected chi connectivity index (χ4v) is 3.02. The lowest BCUT2D eigenvalue weighted by atomic mass is 10.2. The largest absolute Gasteiger partial charge is 0.254 e. The van der Waals surface area contributed by atoms with Crippen LogP contribution in [0.1, 0.15) is 0 Å². The molecule has 0 amide bonds. The molecule has 21 heavy (non-hydrogen) atoms. The molecule has 0 fully saturated rings. The molecule has 3 heterocycles. The van der Waals surface area contributed by atoms with E-state index in [4.69, 9.17) is 11.6 Å². The molecule has 4 rings (SSSR count). The van der Waals surface area contributed by atoms with E-state index in [1.54, 1.807) is 10.7 Å². The molecule has 0 aliphatic heterocycles. The minimum Gasteiger partial charge on any atom is -0.254 e. The molecule has 7 heteroatoms. The van der Waals surface area contributed by atoms with Crippen molar-refractivity contribution in [3.63, 3.8) is 0 Å². The van der Waals surface area contributed by atoms with Gasteiger partial charge >= 0.3 is 0 Å². The van der Waals surface area contributed by atoms with Crippen molar-refractivity contribution in [2.45, 2.75) is 0 Å². The van der Waals surface area contributed by atoms with E-state index >= 15 is 0 Å². The van der Waals surface area contributed by atoms with Crippen molar-refractivity contribution in [2.75, 3.05) is 0 Å². The van der Waals surface area contributed by atoms with Gasteiger partial charge in [-0.15, -0.1) is 10.2 Å². The average molecular weight is 314 g/mol. The second kappa shape index (κ2) is 4.91. The van der Waals surface area contributed by atoms with Gasteiger partial charge in [-0.3, -0.25) is 4.98 Å². The molecule has 102 valence electrons. The number of pyridine rings is 1. The fourth-order valence-electron chi connectivity index (χ4n) is 2.02. The molecule has 3 aromatic heterocycles. The highest BCUT2D eigenvalue weighted by atomic mass is 35.5. The Kier molecular flexibility index (Phi) is 2.90. The Bertz CT molecular complexity index is 915. The molecular weight excluding hydrogens is 306 g/mol. The van der Waals surface area contributed by atoms with Gasteiger partial charge in [0.25, 0.3) is 0 Å². The number of hydrogen-bond donors (Lipinski definition) is 0. The lowest BCUT2D eigenvalue weighted by Crippen LogP contribution is -1.91. The van der Waals surface area contributed by atoms with Crippen molar-refractivity contribution in [1.82, 2.24) is 24.8 Å². The fraction of sp³-hybridized carbons (Fsp3) is 0. The first-order chi connectivity index (χ1) is 10.3. The molecule has 0 N–H and O–H groups in total. The van der Waals surface area contributed by atoms with E-state index in [0.717, 1.165) is 21.2 Å². The maximum absolute atomic E-state index is 6.03. The summed E-state index contributed by atoms with van der Waals surface area (Å²) < 4.78 is 1.72. The summed E-state index contributed by atoms with van der Waals surface area (Å²) >= 11 is 7.48. The van der Waals surface area contributed by atoms with Gasteiger partial charge in [-0.05, 0) is 24.3 Å². The normalized spacial score (nSPS) is 11.1. The molecule has 0 spiro atoms. The Morgan fingerprint density at radius 1 is 1.05 bits per heavy atom. The van der Waals surface area contributed by atoms with Crippen LogP contribution in [0.15, 0.2) is 48.7 Å². The highest BCUT2D eigenvalue weighted by Gasteiger charge is 2.14. The van der Waals surface area contributed by atoms with E-state index in [2.05, 4.69) is 20.3 Å². The van der Waals surface area contributed by atoms with Crippen LogP contribution in [0.5, 0.6) is 0 Å². The van der Waals surface area contributed by atoms with E-state index in [1.165, 1.54) is 11.3 Å². The van der Waals surface area contributed by atoms with Crippen molar-refractivity contribution >= 4 is 27.9 Å². The third-order valence-corrected chi connectivity index (χ3v) is 4.11. The molecule has 5 nitrogen and oxygen atoms in total. The van der Waals surface area contributed by atoms with Gasteiger partial charge in [-0.2, -0.15) is 9.61 Å². The van der Waals surface area contributed by atoms with Crippen LogP contribution in [0.25, 0.3) is 27.1 Å². The van der Waals surface area contributed by atoms with E-state index in [0.29, 0.717) is 10.8 Å². The number of halogens is 1. The van der Waals surface area contributed by atoms with Crippen LogP contribution in [0.3, 0.4) is 0 Å². The first-order valence-electron chi connectivity index (χ1n) is 6.21. The minimum atomic E-state index is 0.657. The number of aromatic nitrogens is 5. The number of benzene rings is 1. The maximum Gasteiger partial charge on any atom is 0.235 e. The molecule has 0 bridgehead atoms. The standard InChI is InChI=1S/C14H8ClN5S/c15-10-5-3-4-9(8-10)12-17-18-14-20(12)19-13(21-14)11-6-1-2-7-16-11/h1-8H. The van der Waals surface area contributed by atoms with Crippen molar-refractivity contribution in [2.24, 2.45) is 0 Å². The zero-order valence-corrected chi connectivity index (χ0v) is 12.2. The number of nitrogens with zero attached hydrogens (tertiary/aromatic N) is 5. The predicted octanol–water partition coefficient (Wildman–Crippen LogP) is 3.57. The highest BCUT2D eigenvalue weighted by molar-refractivity contribution is 7.19. The molecule has 0 aliphatic carbocycles. The van der Waals surface area contributed by atoms with Gasteiger partial charge in [0.05, 0.1) is 0 Å². The Balaban J connectivity index is 1.87. The molecular formula is C14H8ClN5S. The van der Waals surface area contributed by atoms with Crippen LogP contribution in [0, 0.1) is 0 Å². The van der Waals surface area contributed by atoms with Gasteiger partial charge in [0.2, 0.25) is 4.96 Å². The van der Waals surface area contributed by atoms with Crippen LogP contribution >= 0.6 is 22.9 Å². The molecule has 4 aromatic rings. The van der Waals surface area contributed by atoms with E-state index < -0.39 is 0 Å². The lowest BCUT2D eigenvalue weighted by Gasteiger charge is -1.97. The van der Waals surface area contributed by atoms with Crippen LogP contribution in [-0.2, 0) is 0 Å². The highest BCUT2D eigenvalue weighted by Crippen LogP contribution is 2.27. The summed E-state index contributed by atoms with van der Waals surface area (Å²) in [6, 6.07) is 13.2. The first-order valence-corrected chi connectivity index (χ1v) is 7.40. The van der Waals surface area contributed by atoms with Crippen LogP contribution < -0.4 is 0 Å². The number of hydrogen-bond acceptors (Lipinski definition) is 5. The number of fused-ring (bicyclic) bond motifs is 1. The molecule has 1 aromatic carbocycles. The molecule has 0 radical (unpaired) electrons. The van der Waals surface area contributed by atoms with Crippen molar-refractivity contribution < 1.29 is 0 Å².